The number of aromatic nitrogens is 3. The second kappa shape index (κ2) is 8.72. The molecule has 5 rings (SSSR count). The van der Waals surface area contributed by atoms with Crippen LogP contribution in [0.1, 0.15) is 40.3 Å². The number of pyridine rings is 2. The van der Waals surface area contributed by atoms with Gasteiger partial charge in [0, 0.05) is 33.9 Å². The van der Waals surface area contributed by atoms with Crippen LogP contribution in [0.3, 0.4) is 0 Å². The number of benzene rings is 1. The SMILES string of the molecule is Cc1ccc(-n2c(C)cc([C@H]3[C@@H](c4ccccn4)NC(=S)N3c3ccc(Br)cc3)c2C)nc1. The Morgan fingerprint density at radius 2 is 1.76 bits per heavy atom. The van der Waals surface area contributed by atoms with Crippen molar-refractivity contribution in [3.63, 3.8) is 0 Å². The van der Waals surface area contributed by atoms with E-state index in [2.05, 4.69) is 97.9 Å². The maximum Gasteiger partial charge on any atom is 0.174 e. The van der Waals surface area contributed by atoms with Crippen molar-refractivity contribution in [2.24, 2.45) is 0 Å². The predicted molar refractivity (Wildman–Crippen MR) is 140 cm³/mol. The van der Waals surface area contributed by atoms with Gasteiger partial charge < -0.3 is 14.8 Å². The molecule has 1 N–H and O–H groups in total. The van der Waals surface area contributed by atoms with Gasteiger partial charge in [0.1, 0.15) is 5.82 Å². The number of nitrogens with one attached hydrogen (secondary N) is 1. The number of nitrogens with zero attached hydrogens (tertiary/aromatic N) is 4. The van der Waals surface area contributed by atoms with Crippen LogP contribution in [-0.2, 0) is 0 Å². The van der Waals surface area contributed by atoms with E-state index in [4.69, 9.17) is 12.2 Å². The standard InChI is InChI=1S/C26H24BrN5S/c1-16-7-12-23(29-15-16)31-17(2)14-21(18(31)3)25-24(22-6-4-5-13-28-22)30-26(33)32(25)20-10-8-19(27)9-11-20/h4-15,24-25H,1-3H3,(H,30,33)/t24-,25+/m1/s1. The maximum atomic E-state index is 5.86. The number of hydrogen-bond acceptors (Lipinski definition) is 3. The minimum absolute atomic E-state index is 0.0565. The topological polar surface area (TPSA) is 46.0 Å². The molecule has 1 aliphatic rings. The number of rotatable bonds is 4. The molecule has 4 aromatic rings. The molecule has 0 aliphatic carbocycles. The normalized spacial score (nSPS) is 17.9. The first-order valence-electron chi connectivity index (χ1n) is 10.8. The number of aryl methyl sites for hydroxylation is 2. The lowest BCUT2D eigenvalue weighted by Gasteiger charge is -2.28. The van der Waals surface area contributed by atoms with Gasteiger partial charge >= 0.3 is 0 Å². The summed E-state index contributed by atoms with van der Waals surface area (Å²) in [4.78, 5) is 11.5. The van der Waals surface area contributed by atoms with E-state index in [-0.39, 0.29) is 12.1 Å². The van der Waals surface area contributed by atoms with E-state index >= 15 is 0 Å². The van der Waals surface area contributed by atoms with Crippen molar-refractivity contribution < 1.29 is 0 Å². The van der Waals surface area contributed by atoms with E-state index in [0.29, 0.717) is 5.11 Å². The second-order valence-corrected chi connectivity index (χ2v) is 9.63. The zero-order valence-corrected chi connectivity index (χ0v) is 21.1. The highest BCUT2D eigenvalue weighted by Gasteiger charge is 2.42. The van der Waals surface area contributed by atoms with Crippen LogP contribution in [0.2, 0.25) is 0 Å². The van der Waals surface area contributed by atoms with Gasteiger partial charge in [-0.15, -0.1) is 0 Å². The minimum Gasteiger partial charge on any atom is -0.351 e. The first-order valence-corrected chi connectivity index (χ1v) is 12.0. The fraction of sp³-hybridized carbons (Fsp3) is 0.192. The lowest BCUT2D eigenvalue weighted by molar-refractivity contribution is 0.565. The van der Waals surface area contributed by atoms with Crippen LogP contribution in [0.15, 0.2) is 77.5 Å². The maximum absolute atomic E-state index is 5.86. The highest BCUT2D eigenvalue weighted by atomic mass is 79.9. The molecule has 4 heterocycles. The Morgan fingerprint density at radius 3 is 2.42 bits per heavy atom. The van der Waals surface area contributed by atoms with E-state index in [9.17, 15) is 0 Å². The second-order valence-electron chi connectivity index (χ2n) is 8.33. The van der Waals surface area contributed by atoms with Crippen LogP contribution in [-0.4, -0.2) is 19.6 Å². The molecule has 0 saturated carbocycles. The van der Waals surface area contributed by atoms with Crippen LogP contribution in [0.25, 0.3) is 5.82 Å². The summed E-state index contributed by atoms with van der Waals surface area (Å²) < 4.78 is 3.25. The van der Waals surface area contributed by atoms with Crippen LogP contribution in [0.5, 0.6) is 0 Å². The zero-order valence-electron chi connectivity index (χ0n) is 18.7. The third kappa shape index (κ3) is 3.96. The summed E-state index contributed by atoms with van der Waals surface area (Å²) in [7, 11) is 0. The molecule has 3 aromatic heterocycles. The molecule has 33 heavy (non-hydrogen) atoms. The highest BCUT2D eigenvalue weighted by molar-refractivity contribution is 9.10. The van der Waals surface area contributed by atoms with Gasteiger partial charge in [-0.3, -0.25) is 4.98 Å². The lowest BCUT2D eigenvalue weighted by atomic mass is 9.96. The van der Waals surface area contributed by atoms with Crippen molar-refractivity contribution in [2.75, 3.05) is 4.90 Å². The quantitative estimate of drug-likeness (QED) is 0.329. The van der Waals surface area contributed by atoms with Gasteiger partial charge in [-0.1, -0.05) is 28.1 Å². The molecule has 166 valence electrons. The van der Waals surface area contributed by atoms with Crippen molar-refractivity contribution in [3.05, 3.63) is 106 Å². The summed E-state index contributed by atoms with van der Waals surface area (Å²) in [5, 5.41) is 4.23. The number of hydrogen-bond donors (Lipinski definition) is 1. The molecule has 2 atom stereocenters. The molecule has 0 amide bonds. The van der Waals surface area contributed by atoms with Gasteiger partial charge in [0.25, 0.3) is 0 Å². The molecule has 0 radical (unpaired) electrons. The monoisotopic (exact) mass is 517 g/mol. The van der Waals surface area contributed by atoms with E-state index in [1.54, 1.807) is 0 Å². The van der Waals surface area contributed by atoms with Crippen molar-refractivity contribution in [1.82, 2.24) is 19.9 Å². The molecule has 0 bridgehead atoms. The number of thiocarbonyl (C=S) groups is 1. The molecular weight excluding hydrogens is 494 g/mol. The molecule has 1 saturated heterocycles. The van der Waals surface area contributed by atoms with E-state index in [1.807, 2.05) is 36.7 Å². The van der Waals surface area contributed by atoms with Gasteiger partial charge in [0.15, 0.2) is 5.11 Å². The number of anilines is 1. The molecular formula is C26H24BrN5S. The molecule has 5 nitrogen and oxygen atoms in total. The summed E-state index contributed by atoms with van der Waals surface area (Å²) in [5.41, 5.74) is 6.61. The van der Waals surface area contributed by atoms with Gasteiger partial charge in [-0.25, -0.2) is 4.98 Å². The Balaban J connectivity index is 1.67. The Labute approximate surface area is 207 Å². The van der Waals surface area contributed by atoms with Crippen LogP contribution in [0.4, 0.5) is 5.69 Å². The molecule has 7 heteroatoms. The van der Waals surface area contributed by atoms with E-state index in [1.165, 1.54) is 5.56 Å². The average molecular weight is 518 g/mol. The molecule has 1 aromatic carbocycles. The Kier molecular flexibility index (Phi) is 5.76. The smallest absolute Gasteiger partial charge is 0.174 e. The van der Waals surface area contributed by atoms with Gasteiger partial charge in [-0.05, 0) is 92.6 Å². The van der Waals surface area contributed by atoms with Crippen LogP contribution in [0, 0.1) is 20.8 Å². The zero-order chi connectivity index (χ0) is 23.1. The molecule has 0 unspecified atom stereocenters. The summed E-state index contributed by atoms with van der Waals surface area (Å²) in [6.45, 7) is 6.33. The average Bonchev–Trinajstić information content (AvgIpc) is 3.31. The largest absolute Gasteiger partial charge is 0.351 e. The first-order chi connectivity index (χ1) is 15.9. The fourth-order valence-electron chi connectivity index (χ4n) is 4.58. The Morgan fingerprint density at radius 1 is 0.970 bits per heavy atom. The van der Waals surface area contributed by atoms with Crippen LogP contribution >= 0.6 is 28.1 Å². The minimum atomic E-state index is -0.0812. The van der Waals surface area contributed by atoms with Gasteiger partial charge in [-0.2, -0.15) is 0 Å². The van der Waals surface area contributed by atoms with E-state index < -0.39 is 0 Å². The fourth-order valence-corrected chi connectivity index (χ4v) is 5.19. The highest BCUT2D eigenvalue weighted by Crippen LogP contribution is 2.43. The van der Waals surface area contributed by atoms with Crippen molar-refractivity contribution in [3.8, 4) is 5.82 Å². The van der Waals surface area contributed by atoms with E-state index in [0.717, 1.165) is 38.6 Å². The third-order valence-electron chi connectivity index (χ3n) is 6.12. The summed E-state index contributed by atoms with van der Waals surface area (Å²) >= 11 is 9.40. The van der Waals surface area contributed by atoms with Crippen molar-refractivity contribution in [1.29, 1.82) is 0 Å². The Hall–Kier alpha value is -3.03. The third-order valence-corrected chi connectivity index (χ3v) is 6.96. The molecule has 1 aliphatic heterocycles. The van der Waals surface area contributed by atoms with Crippen LogP contribution < -0.4 is 10.2 Å². The molecule has 1 fully saturated rings. The van der Waals surface area contributed by atoms with Gasteiger partial charge in [0.2, 0.25) is 0 Å². The summed E-state index contributed by atoms with van der Waals surface area (Å²) in [6.07, 6.45) is 3.74. The lowest BCUT2D eigenvalue weighted by Crippen LogP contribution is -2.29. The predicted octanol–water partition coefficient (Wildman–Crippen LogP) is 6.13. The van der Waals surface area contributed by atoms with Crippen molar-refractivity contribution >= 4 is 38.9 Å². The number of halogens is 1. The Bertz CT molecular complexity index is 1300. The summed E-state index contributed by atoms with van der Waals surface area (Å²) in [6, 6.07) is 20.6. The van der Waals surface area contributed by atoms with Crippen molar-refractivity contribution in [2.45, 2.75) is 32.9 Å². The first kappa shape index (κ1) is 21.8. The van der Waals surface area contributed by atoms with Gasteiger partial charge in [0.05, 0.1) is 17.8 Å². The summed E-state index contributed by atoms with van der Waals surface area (Å²) in [5.74, 6) is 0.917. The molecule has 0 spiro atoms.